The first-order chi connectivity index (χ1) is 12.9. The van der Waals surface area contributed by atoms with Crippen molar-refractivity contribution in [3.8, 4) is 0 Å². The molecule has 3 aromatic rings. The summed E-state index contributed by atoms with van der Waals surface area (Å²) in [7, 11) is 0. The van der Waals surface area contributed by atoms with Gasteiger partial charge in [-0.1, -0.05) is 23.4 Å². The van der Waals surface area contributed by atoms with E-state index in [-0.39, 0.29) is 23.6 Å². The molecule has 2 atom stereocenters. The number of furan rings is 1. The van der Waals surface area contributed by atoms with Crippen molar-refractivity contribution in [1.82, 2.24) is 10.5 Å². The molecule has 7 nitrogen and oxygen atoms in total. The SMILES string of the molecule is Cc1cc(NC(=O)[C@@H](C)SCC(=O)N[C@@H](C)c2cc3ccccc3o2)no1. The lowest BCUT2D eigenvalue weighted by Crippen LogP contribution is -2.30. The molecule has 2 N–H and O–H groups in total. The lowest BCUT2D eigenvalue weighted by molar-refractivity contribution is -0.119. The number of aryl methyl sites for hydroxylation is 1. The number of carbonyl (C=O) groups is 2. The third-order valence-electron chi connectivity index (χ3n) is 3.96. The molecule has 27 heavy (non-hydrogen) atoms. The molecule has 2 amide bonds. The van der Waals surface area contributed by atoms with Gasteiger partial charge in [-0.2, -0.15) is 0 Å². The molecule has 0 aliphatic rings. The Labute approximate surface area is 160 Å². The molecule has 0 saturated heterocycles. The standard InChI is InChI=1S/C19H21N3O4S/c1-11-8-17(22-26-11)21-19(24)13(3)27-10-18(23)20-12(2)16-9-14-6-4-5-7-15(14)25-16/h4-9,12-13H,10H2,1-3H3,(H,20,23)(H,21,22,24)/t12-,13+/m0/s1. The van der Waals surface area contributed by atoms with Crippen LogP contribution in [-0.2, 0) is 9.59 Å². The fraction of sp³-hybridized carbons (Fsp3) is 0.316. The molecule has 0 unspecified atom stereocenters. The summed E-state index contributed by atoms with van der Waals surface area (Å²) < 4.78 is 10.7. The summed E-state index contributed by atoms with van der Waals surface area (Å²) in [4.78, 5) is 24.3. The van der Waals surface area contributed by atoms with E-state index in [0.29, 0.717) is 17.3 Å². The lowest BCUT2D eigenvalue weighted by Gasteiger charge is -2.13. The van der Waals surface area contributed by atoms with Gasteiger partial charge in [0, 0.05) is 11.5 Å². The highest BCUT2D eigenvalue weighted by Gasteiger charge is 2.19. The number of aromatic nitrogens is 1. The molecule has 0 aliphatic carbocycles. The van der Waals surface area contributed by atoms with E-state index in [2.05, 4.69) is 15.8 Å². The maximum atomic E-state index is 12.2. The molecular weight excluding hydrogens is 366 g/mol. The monoisotopic (exact) mass is 387 g/mol. The zero-order chi connectivity index (χ0) is 19.4. The van der Waals surface area contributed by atoms with E-state index < -0.39 is 5.25 Å². The topological polar surface area (TPSA) is 97.4 Å². The van der Waals surface area contributed by atoms with Crippen molar-refractivity contribution in [2.45, 2.75) is 32.1 Å². The number of hydrogen-bond acceptors (Lipinski definition) is 6. The summed E-state index contributed by atoms with van der Waals surface area (Å²) in [5.74, 6) is 1.45. The first-order valence-corrected chi connectivity index (χ1v) is 9.61. The molecule has 0 aliphatic heterocycles. The summed E-state index contributed by atoms with van der Waals surface area (Å²) in [6, 6.07) is 11.0. The predicted octanol–water partition coefficient (Wildman–Crippen LogP) is 3.67. The van der Waals surface area contributed by atoms with Crippen molar-refractivity contribution in [3.63, 3.8) is 0 Å². The molecule has 0 bridgehead atoms. The largest absolute Gasteiger partial charge is 0.459 e. The number of carbonyl (C=O) groups excluding carboxylic acids is 2. The Morgan fingerprint density at radius 3 is 2.70 bits per heavy atom. The number of thioether (sulfide) groups is 1. The smallest absolute Gasteiger partial charge is 0.238 e. The van der Waals surface area contributed by atoms with E-state index in [9.17, 15) is 9.59 Å². The van der Waals surface area contributed by atoms with E-state index in [1.807, 2.05) is 37.3 Å². The highest BCUT2D eigenvalue weighted by molar-refractivity contribution is 8.01. The van der Waals surface area contributed by atoms with Gasteiger partial charge < -0.3 is 19.6 Å². The number of hydrogen-bond donors (Lipinski definition) is 2. The third kappa shape index (κ3) is 4.91. The van der Waals surface area contributed by atoms with Gasteiger partial charge >= 0.3 is 0 Å². The molecule has 2 aromatic heterocycles. The van der Waals surface area contributed by atoms with E-state index in [1.165, 1.54) is 11.8 Å². The van der Waals surface area contributed by atoms with Gasteiger partial charge in [0.2, 0.25) is 11.8 Å². The number of nitrogens with zero attached hydrogens (tertiary/aromatic N) is 1. The highest BCUT2D eigenvalue weighted by atomic mass is 32.2. The fourth-order valence-electron chi connectivity index (χ4n) is 2.50. The minimum absolute atomic E-state index is 0.162. The van der Waals surface area contributed by atoms with Crippen molar-refractivity contribution in [3.05, 3.63) is 47.9 Å². The van der Waals surface area contributed by atoms with Crippen LogP contribution in [0.15, 0.2) is 45.3 Å². The van der Waals surface area contributed by atoms with Crippen LogP contribution in [0.3, 0.4) is 0 Å². The number of amides is 2. The van der Waals surface area contributed by atoms with Crippen LogP contribution in [0, 0.1) is 6.92 Å². The number of rotatable bonds is 7. The second kappa shape index (κ2) is 8.30. The van der Waals surface area contributed by atoms with Gasteiger partial charge in [0.15, 0.2) is 5.82 Å². The molecule has 0 spiro atoms. The Bertz CT molecular complexity index is 916. The second-order valence-corrected chi connectivity index (χ2v) is 7.57. The Kier molecular flexibility index (Phi) is 5.85. The summed E-state index contributed by atoms with van der Waals surface area (Å²) in [5.41, 5.74) is 0.788. The number of fused-ring (bicyclic) bond motifs is 1. The average Bonchev–Trinajstić information content (AvgIpc) is 3.25. The zero-order valence-electron chi connectivity index (χ0n) is 15.3. The Balaban J connectivity index is 1.47. The van der Waals surface area contributed by atoms with Gasteiger partial charge in [-0.15, -0.1) is 11.8 Å². The average molecular weight is 387 g/mol. The summed E-state index contributed by atoms with van der Waals surface area (Å²) in [5, 5.41) is 9.86. The van der Waals surface area contributed by atoms with E-state index in [1.54, 1.807) is 19.9 Å². The molecule has 2 heterocycles. The van der Waals surface area contributed by atoms with Crippen LogP contribution in [0.2, 0.25) is 0 Å². The molecule has 0 saturated carbocycles. The Morgan fingerprint density at radius 2 is 2.00 bits per heavy atom. The molecule has 0 fully saturated rings. The first-order valence-electron chi connectivity index (χ1n) is 8.56. The maximum absolute atomic E-state index is 12.2. The van der Waals surface area contributed by atoms with Crippen LogP contribution in [-0.4, -0.2) is 28.0 Å². The lowest BCUT2D eigenvalue weighted by atomic mass is 10.2. The van der Waals surface area contributed by atoms with Crippen molar-refractivity contribution in [2.24, 2.45) is 0 Å². The Morgan fingerprint density at radius 1 is 1.22 bits per heavy atom. The van der Waals surface area contributed by atoms with E-state index in [0.717, 1.165) is 11.0 Å². The van der Waals surface area contributed by atoms with Crippen LogP contribution < -0.4 is 10.6 Å². The van der Waals surface area contributed by atoms with Crippen molar-refractivity contribution in [1.29, 1.82) is 0 Å². The normalized spacial score (nSPS) is 13.3. The number of para-hydroxylation sites is 1. The molecule has 0 radical (unpaired) electrons. The highest BCUT2D eigenvalue weighted by Crippen LogP contribution is 2.23. The van der Waals surface area contributed by atoms with Crippen molar-refractivity contribution < 1.29 is 18.5 Å². The van der Waals surface area contributed by atoms with Crippen LogP contribution in [0.25, 0.3) is 11.0 Å². The van der Waals surface area contributed by atoms with Gasteiger partial charge in [0.05, 0.1) is 17.0 Å². The van der Waals surface area contributed by atoms with Crippen LogP contribution in [0.5, 0.6) is 0 Å². The van der Waals surface area contributed by atoms with Crippen LogP contribution >= 0.6 is 11.8 Å². The molecular formula is C19H21N3O4S. The van der Waals surface area contributed by atoms with Gasteiger partial charge in [0.25, 0.3) is 0 Å². The molecule has 1 aromatic carbocycles. The predicted molar refractivity (Wildman–Crippen MR) is 105 cm³/mol. The first kappa shape index (κ1) is 19.0. The van der Waals surface area contributed by atoms with Crippen LogP contribution in [0.4, 0.5) is 5.82 Å². The summed E-state index contributed by atoms with van der Waals surface area (Å²) in [6.07, 6.45) is 0. The van der Waals surface area contributed by atoms with Gasteiger partial charge in [0.1, 0.15) is 17.1 Å². The maximum Gasteiger partial charge on any atom is 0.238 e. The minimum atomic E-state index is -0.408. The molecule has 3 rings (SSSR count). The second-order valence-electron chi connectivity index (χ2n) is 6.24. The minimum Gasteiger partial charge on any atom is -0.459 e. The number of benzene rings is 1. The van der Waals surface area contributed by atoms with Crippen molar-refractivity contribution in [2.75, 3.05) is 11.1 Å². The molecule has 8 heteroatoms. The van der Waals surface area contributed by atoms with Gasteiger partial charge in [-0.05, 0) is 32.9 Å². The van der Waals surface area contributed by atoms with E-state index in [4.69, 9.17) is 8.94 Å². The van der Waals surface area contributed by atoms with Gasteiger partial charge in [-0.3, -0.25) is 9.59 Å². The van der Waals surface area contributed by atoms with Crippen molar-refractivity contribution >= 4 is 40.4 Å². The van der Waals surface area contributed by atoms with Gasteiger partial charge in [-0.25, -0.2) is 0 Å². The van der Waals surface area contributed by atoms with E-state index >= 15 is 0 Å². The zero-order valence-corrected chi connectivity index (χ0v) is 16.1. The summed E-state index contributed by atoms with van der Waals surface area (Å²) in [6.45, 7) is 5.35. The third-order valence-corrected chi connectivity index (χ3v) is 5.10. The number of anilines is 1. The van der Waals surface area contributed by atoms with Crippen LogP contribution in [0.1, 0.15) is 31.4 Å². The quantitative estimate of drug-likeness (QED) is 0.642. The number of nitrogens with one attached hydrogen (secondary N) is 2. The molecule has 142 valence electrons. The fourth-order valence-corrected chi connectivity index (χ4v) is 3.19. The Hall–Kier alpha value is -2.74. The summed E-state index contributed by atoms with van der Waals surface area (Å²) >= 11 is 1.25.